The van der Waals surface area contributed by atoms with Gasteiger partial charge in [0.15, 0.2) is 10.9 Å². The Kier molecular flexibility index (Phi) is 8.59. The van der Waals surface area contributed by atoms with Crippen LogP contribution < -0.4 is 5.32 Å². The van der Waals surface area contributed by atoms with Gasteiger partial charge in [-0.2, -0.15) is 11.8 Å². The number of amides is 1. The maximum Gasteiger partial charge on any atom is 0.328 e. The summed E-state index contributed by atoms with van der Waals surface area (Å²) in [6.07, 6.45) is 3.78. The molecule has 0 aliphatic carbocycles. The lowest BCUT2D eigenvalue weighted by atomic mass is 10.2. The number of thioether (sulfide) groups is 2. The Bertz CT molecular complexity index is 531. The number of carbonyl (C=O) groups is 2. The highest BCUT2D eigenvalue weighted by Gasteiger charge is 2.24. The zero-order valence-corrected chi connectivity index (χ0v) is 15.0. The van der Waals surface area contributed by atoms with Crippen LogP contribution in [0.15, 0.2) is 11.4 Å². The third kappa shape index (κ3) is 5.66. The van der Waals surface area contributed by atoms with E-state index in [2.05, 4.69) is 15.3 Å². The van der Waals surface area contributed by atoms with Gasteiger partial charge in [0.25, 0.3) is 5.91 Å². The summed E-state index contributed by atoms with van der Waals surface area (Å²) in [6, 6.07) is -0.724. The van der Waals surface area contributed by atoms with Crippen molar-refractivity contribution < 1.29 is 14.3 Å². The minimum absolute atomic E-state index is 0.0608. The average molecular weight is 364 g/mol. The van der Waals surface area contributed by atoms with Crippen LogP contribution in [-0.2, 0) is 9.53 Å². The SMILES string of the molecule is CCSc1ncc(Cl)c(C(=O)N[C@H](CCSC)C(=O)OC)n1. The Hall–Kier alpha value is -0.990. The van der Waals surface area contributed by atoms with Crippen LogP contribution in [0.5, 0.6) is 0 Å². The summed E-state index contributed by atoms with van der Waals surface area (Å²) in [4.78, 5) is 32.2. The minimum Gasteiger partial charge on any atom is -0.467 e. The Morgan fingerprint density at radius 1 is 1.50 bits per heavy atom. The molecular weight excluding hydrogens is 346 g/mol. The molecule has 1 heterocycles. The van der Waals surface area contributed by atoms with Crippen molar-refractivity contribution in [1.82, 2.24) is 15.3 Å². The summed E-state index contributed by atoms with van der Waals surface area (Å²) >= 11 is 8.96. The van der Waals surface area contributed by atoms with E-state index in [4.69, 9.17) is 16.3 Å². The van der Waals surface area contributed by atoms with Gasteiger partial charge in [0, 0.05) is 0 Å². The molecule has 0 fully saturated rings. The van der Waals surface area contributed by atoms with Crippen molar-refractivity contribution in [2.75, 3.05) is 24.9 Å². The van der Waals surface area contributed by atoms with Gasteiger partial charge in [-0.3, -0.25) is 4.79 Å². The van der Waals surface area contributed by atoms with Crippen molar-refractivity contribution in [2.45, 2.75) is 24.5 Å². The van der Waals surface area contributed by atoms with Crippen LogP contribution in [0.25, 0.3) is 0 Å². The molecule has 0 unspecified atom stereocenters. The first-order valence-corrected chi connectivity index (χ1v) is 9.32. The molecule has 0 aliphatic heterocycles. The summed E-state index contributed by atoms with van der Waals surface area (Å²) in [7, 11) is 1.29. The normalized spacial score (nSPS) is 11.8. The number of halogens is 1. The maximum absolute atomic E-state index is 12.3. The van der Waals surface area contributed by atoms with Gasteiger partial charge in [-0.15, -0.1) is 0 Å². The first-order chi connectivity index (χ1) is 10.5. The highest BCUT2D eigenvalue weighted by molar-refractivity contribution is 7.99. The zero-order valence-electron chi connectivity index (χ0n) is 12.6. The molecule has 122 valence electrons. The average Bonchev–Trinajstić information content (AvgIpc) is 2.52. The van der Waals surface area contributed by atoms with E-state index in [1.807, 2.05) is 13.2 Å². The summed E-state index contributed by atoms with van der Waals surface area (Å²) < 4.78 is 4.71. The highest BCUT2D eigenvalue weighted by atomic mass is 35.5. The van der Waals surface area contributed by atoms with E-state index in [0.29, 0.717) is 17.3 Å². The predicted octanol–water partition coefficient (Wildman–Crippen LogP) is 2.27. The molecule has 1 N–H and O–H groups in total. The largest absolute Gasteiger partial charge is 0.467 e. The number of rotatable bonds is 8. The molecule has 6 nitrogen and oxygen atoms in total. The van der Waals surface area contributed by atoms with E-state index >= 15 is 0 Å². The maximum atomic E-state index is 12.3. The van der Waals surface area contributed by atoms with Crippen molar-refractivity contribution in [2.24, 2.45) is 0 Å². The van der Waals surface area contributed by atoms with E-state index in [1.165, 1.54) is 25.1 Å². The molecule has 1 rings (SSSR count). The first kappa shape index (κ1) is 19.1. The number of aromatic nitrogens is 2. The van der Waals surface area contributed by atoms with Crippen LogP contribution in [0.1, 0.15) is 23.8 Å². The van der Waals surface area contributed by atoms with Gasteiger partial charge in [0.05, 0.1) is 18.3 Å². The van der Waals surface area contributed by atoms with Crippen LogP contribution in [-0.4, -0.2) is 52.8 Å². The standard InChI is InChI=1S/C13H18ClN3O3S2/c1-4-22-13-15-7-8(14)10(17-13)11(18)16-9(5-6-21-3)12(19)20-2/h7,9H,4-6H2,1-3H3,(H,16,18)/t9-/m1/s1. The predicted molar refractivity (Wildman–Crippen MR) is 89.7 cm³/mol. The Morgan fingerprint density at radius 2 is 2.23 bits per heavy atom. The summed E-state index contributed by atoms with van der Waals surface area (Å²) in [5.41, 5.74) is 0.0608. The van der Waals surface area contributed by atoms with Gasteiger partial charge in [-0.05, 0) is 24.2 Å². The van der Waals surface area contributed by atoms with Gasteiger partial charge in [-0.1, -0.05) is 30.3 Å². The molecule has 0 saturated heterocycles. The van der Waals surface area contributed by atoms with Gasteiger partial charge in [0.2, 0.25) is 0 Å². The van der Waals surface area contributed by atoms with E-state index in [-0.39, 0.29) is 10.7 Å². The molecule has 9 heteroatoms. The fourth-order valence-electron chi connectivity index (χ4n) is 1.56. The lowest BCUT2D eigenvalue weighted by Crippen LogP contribution is -2.42. The van der Waals surface area contributed by atoms with E-state index in [9.17, 15) is 9.59 Å². The molecule has 0 aliphatic rings. The van der Waals surface area contributed by atoms with Gasteiger partial charge < -0.3 is 10.1 Å². The van der Waals surface area contributed by atoms with Crippen molar-refractivity contribution in [3.8, 4) is 0 Å². The number of esters is 1. The number of methoxy groups -OCH3 is 1. The van der Waals surface area contributed by atoms with Gasteiger partial charge >= 0.3 is 5.97 Å². The fraction of sp³-hybridized carbons (Fsp3) is 0.538. The lowest BCUT2D eigenvalue weighted by molar-refractivity contribution is -0.142. The number of hydrogen-bond acceptors (Lipinski definition) is 7. The van der Waals surface area contributed by atoms with E-state index < -0.39 is 17.9 Å². The van der Waals surface area contributed by atoms with Crippen LogP contribution in [0.4, 0.5) is 0 Å². The third-order valence-electron chi connectivity index (χ3n) is 2.61. The molecule has 22 heavy (non-hydrogen) atoms. The molecule has 0 radical (unpaired) electrons. The highest BCUT2D eigenvalue weighted by Crippen LogP contribution is 2.18. The minimum atomic E-state index is -0.724. The summed E-state index contributed by atoms with van der Waals surface area (Å²) in [6.45, 7) is 1.96. The molecule has 0 saturated carbocycles. The quantitative estimate of drug-likeness (QED) is 0.431. The van der Waals surface area contributed by atoms with Crippen LogP contribution in [0.2, 0.25) is 5.02 Å². The Labute approximate surface area is 143 Å². The molecule has 1 amide bonds. The summed E-state index contributed by atoms with van der Waals surface area (Å²) in [5.74, 6) is 0.493. The molecule has 1 atom stereocenters. The van der Waals surface area contributed by atoms with Crippen LogP contribution >= 0.6 is 35.1 Å². The number of nitrogens with one attached hydrogen (secondary N) is 1. The smallest absolute Gasteiger partial charge is 0.328 e. The van der Waals surface area contributed by atoms with E-state index in [0.717, 1.165) is 5.75 Å². The fourth-order valence-corrected chi connectivity index (χ4v) is 2.75. The second-order valence-corrected chi connectivity index (χ2v) is 6.74. The van der Waals surface area contributed by atoms with Crippen LogP contribution in [0.3, 0.4) is 0 Å². The number of ether oxygens (including phenoxy) is 1. The first-order valence-electron chi connectivity index (χ1n) is 6.56. The molecule has 0 spiro atoms. The van der Waals surface area contributed by atoms with Crippen molar-refractivity contribution in [3.05, 3.63) is 16.9 Å². The molecule has 0 bridgehead atoms. The second-order valence-electron chi connectivity index (χ2n) is 4.11. The van der Waals surface area contributed by atoms with Crippen molar-refractivity contribution >= 4 is 47.0 Å². The topological polar surface area (TPSA) is 81.2 Å². The molecule has 1 aromatic rings. The molecule has 0 aromatic carbocycles. The summed E-state index contributed by atoms with van der Waals surface area (Å²) in [5, 5.41) is 3.23. The second kappa shape index (κ2) is 9.91. The van der Waals surface area contributed by atoms with E-state index in [1.54, 1.807) is 11.8 Å². The third-order valence-corrected chi connectivity index (χ3v) is 4.28. The molecular formula is C13H18ClN3O3S2. The Balaban J connectivity index is 2.88. The monoisotopic (exact) mass is 363 g/mol. The van der Waals surface area contributed by atoms with Gasteiger partial charge in [0.1, 0.15) is 6.04 Å². The number of hydrogen-bond donors (Lipinski definition) is 1. The zero-order chi connectivity index (χ0) is 16.5. The Morgan fingerprint density at radius 3 is 2.82 bits per heavy atom. The lowest BCUT2D eigenvalue weighted by Gasteiger charge is -2.16. The number of carbonyl (C=O) groups excluding carboxylic acids is 2. The molecule has 1 aromatic heterocycles. The van der Waals surface area contributed by atoms with Gasteiger partial charge in [-0.25, -0.2) is 14.8 Å². The van der Waals surface area contributed by atoms with Crippen LogP contribution in [0, 0.1) is 0 Å². The van der Waals surface area contributed by atoms with Crippen molar-refractivity contribution in [1.29, 1.82) is 0 Å². The number of nitrogens with zero attached hydrogens (tertiary/aromatic N) is 2. The van der Waals surface area contributed by atoms with Crippen molar-refractivity contribution in [3.63, 3.8) is 0 Å².